The van der Waals surface area contributed by atoms with Crippen LogP contribution in [0.4, 0.5) is 15.6 Å². The van der Waals surface area contributed by atoms with E-state index in [2.05, 4.69) is 10.3 Å². The van der Waals surface area contributed by atoms with E-state index in [9.17, 15) is 13.2 Å². The Kier molecular flexibility index (Phi) is 6.79. The summed E-state index contributed by atoms with van der Waals surface area (Å²) >= 11 is 0.971. The Morgan fingerprint density at radius 3 is 2.41 bits per heavy atom. The van der Waals surface area contributed by atoms with Crippen molar-refractivity contribution in [3.63, 3.8) is 0 Å². The predicted molar refractivity (Wildman–Crippen MR) is 107 cm³/mol. The monoisotopic (exact) mass is 412 g/mol. The summed E-state index contributed by atoms with van der Waals surface area (Å²) in [4.78, 5) is 18.0. The molecule has 0 unspecified atom stereocenters. The smallest absolute Gasteiger partial charge is 0.327 e. The molecule has 2 rings (SSSR count). The first-order valence-corrected chi connectivity index (χ1v) is 10.7. The van der Waals surface area contributed by atoms with Crippen molar-refractivity contribution in [1.29, 1.82) is 0 Å². The molecule has 0 spiro atoms. The molecule has 0 atom stereocenters. The molecular weight excluding hydrogens is 388 g/mol. The summed E-state index contributed by atoms with van der Waals surface area (Å²) < 4.78 is 31.8. The van der Waals surface area contributed by atoms with Crippen LogP contribution in [0.2, 0.25) is 0 Å². The SMILES string of the molecule is CCOc1ccc(NC(=O)N(C)c2nc(C)c(S(=O)(=O)N(C)CC)s2)cc1. The van der Waals surface area contributed by atoms with Gasteiger partial charge in [-0.2, -0.15) is 0 Å². The molecule has 2 aromatic rings. The second-order valence-corrected chi connectivity index (χ2v) is 8.95. The molecule has 2 amide bonds. The fourth-order valence-electron chi connectivity index (χ4n) is 2.16. The maximum absolute atomic E-state index is 12.5. The Morgan fingerprint density at radius 1 is 1.22 bits per heavy atom. The number of amides is 2. The molecule has 1 heterocycles. The highest BCUT2D eigenvalue weighted by Crippen LogP contribution is 2.31. The number of urea groups is 1. The van der Waals surface area contributed by atoms with Crippen molar-refractivity contribution in [3.05, 3.63) is 30.0 Å². The summed E-state index contributed by atoms with van der Waals surface area (Å²) in [7, 11) is -0.556. The van der Waals surface area contributed by atoms with E-state index in [0.29, 0.717) is 35.4 Å². The molecule has 1 aromatic heterocycles. The fraction of sp³-hybridized carbons (Fsp3) is 0.412. The van der Waals surface area contributed by atoms with Crippen LogP contribution in [0, 0.1) is 6.92 Å². The van der Waals surface area contributed by atoms with Gasteiger partial charge < -0.3 is 10.1 Å². The minimum atomic E-state index is -3.61. The predicted octanol–water partition coefficient (Wildman–Crippen LogP) is 3.16. The minimum Gasteiger partial charge on any atom is -0.494 e. The van der Waals surface area contributed by atoms with Gasteiger partial charge in [0.05, 0.1) is 12.3 Å². The number of carbonyl (C=O) groups excluding carboxylic acids is 1. The number of rotatable bonds is 7. The molecule has 0 fully saturated rings. The zero-order chi connectivity index (χ0) is 20.2. The van der Waals surface area contributed by atoms with E-state index in [1.807, 2.05) is 6.92 Å². The van der Waals surface area contributed by atoms with Gasteiger partial charge in [-0.15, -0.1) is 0 Å². The van der Waals surface area contributed by atoms with E-state index in [1.165, 1.54) is 16.3 Å². The third-order valence-corrected chi connectivity index (χ3v) is 7.59. The molecule has 0 aliphatic carbocycles. The Hall–Kier alpha value is -2.17. The average Bonchev–Trinajstić information content (AvgIpc) is 3.04. The van der Waals surface area contributed by atoms with Gasteiger partial charge in [0.1, 0.15) is 5.75 Å². The minimum absolute atomic E-state index is 0.141. The summed E-state index contributed by atoms with van der Waals surface area (Å²) in [6.07, 6.45) is 0. The number of carbonyl (C=O) groups is 1. The number of hydrogen-bond donors (Lipinski definition) is 1. The number of sulfonamides is 1. The van der Waals surface area contributed by atoms with Crippen molar-refractivity contribution in [1.82, 2.24) is 9.29 Å². The fourth-order valence-corrected chi connectivity index (χ4v) is 4.99. The van der Waals surface area contributed by atoms with Gasteiger partial charge in [-0.25, -0.2) is 22.5 Å². The standard InChI is InChI=1S/C17H24N4O4S2/c1-6-20(4)27(23,24)15-12(3)18-17(26-15)21(5)16(22)19-13-8-10-14(11-9-13)25-7-2/h8-11H,6-7H2,1-5H3,(H,19,22). The molecule has 0 bridgehead atoms. The lowest BCUT2D eigenvalue weighted by Gasteiger charge is -2.15. The van der Waals surface area contributed by atoms with E-state index < -0.39 is 16.1 Å². The van der Waals surface area contributed by atoms with Gasteiger partial charge in [-0.3, -0.25) is 4.90 Å². The van der Waals surface area contributed by atoms with Gasteiger partial charge in [0.25, 0.3) is 10.0 Å². The Morgan fingerprint density at radius 2 is 1.85 bits per heavy atom. The first-order valence-electron chi connectivity index (χ1n) is 8.42. The van der Waals surface area contributed by atoms with Gasteiger partial charge in [0.2, 0.25) is 0 Å². The van der Waals surface area contributed by atoms with Gasteiger partial charge >= 0.3 is 6.03 Å². The highest BCUT2D eigenvalue weighted by molar-refractivity contribution is 7.91. The van der Waals surface area contributed by atoms with Crippen molar-refractivity contribution >= 4 is 38.2 Å². The first kappa shape index (κ1) is 21.1. The maximum Gasteiger partial charge on any atom is 0.327 e. The van der Waals surface area contributed by atoms with Crippen LogP contribution < -0.4 is 15.0 Å². The third kappa shape index (κ3) is 4.76. The number of aromatic nitrogens is 1. The molecule has 8 nitrogen and oxygen atoms in total. The van der Waals surface area contributed by atoms with Crippen molar-refractivity contribution in [3.8, 4) is 5.75 Å². The van der Waals surface area contributed by atoms with E-state index in [4.69, 9.17) is 4.74 Å². The normalized spacial score (nSPS) is 11.5. The molecular formula is C17H24N4O4S2. The number of nitrogens with zero attached hydrogens (tertiary/aromatic N) is 3. The Labute approximate surface area is 163 Å². The molecule has 0 aliphatic heterocycles. The van der Waals surface area contributed by atoms with Gasteiger partial charge in [0, 0.05) is 26.3 Å². The molecule has 10 heteroatoms. The van der Waals surface area contributed by atoms with Crippen LogP contribution in [-0.2, 0) is 10.0 Å². The van der Waals surface area contributed by atoms with E-state index in [0.717, 1.165) is 11.3 Å². The molecule has 27 heavy (non-hydrogen) atoms. The van der Waals surface area contributed by atoms with Gasteiger partial charge in [0.15, 0.2) is 9.34 Å². The first-order chi connectivity index (χ1) is 12.7. The largest absolute Gasteiger partial charge is 0.494 e. The maximum atomic E-state index is 12.5. The van der Waals surface area contributed by atoms with Crippen molar-refractivity contribution < 1.29 is 17.9 Å². The zero-order valence-corrected chi connectivity index (χ0v) is 17.6. The number of hydrogen-bond acceptors (Lipinski definition) is 6. The van der Waals surface area contributed by atoms with Crippen LogP contribution in [0.15, 0.2) is 28.5 Å². The number of nitrogens with one attached hydrogen (secondary N) is 1. The molecule has 148 valence electrons. The molecule has 0 saturated carbocycles. The number of ether oxygens (including phenoxy) is 1. The van der Waals surface area contributed by atoms with E-state index >= 15 is 0 Å². The lowest BCUT2D eigenvalue weighted by atomic mass is 10.3. The van der Waals surface area contributed by atoms with Crippen LogP contribution in [-0.4, -0.2) is 51.0 Å². The second kappa shape index (κ2) is 8.68. The van der Waals surface area contributed by atoms with Crippen LogP contribution in [0.5, 0.6) is 5.75 Å². The summed E-state index contributed by atoms with van der Waals surface area (Å²) in [6, 6.07) is 6.57. The van der Waals surface area contributed by atoms with Gasteiger partial charge in [-0.05, 0) is 38.1 Å². The molecule has 1 N–H and O–H groups in total. The summed E-state index contributed by atoms with van der Waals surface area (Å²) in [6.45, 7) is 6.19. The van der Waals surface area contributed by atoms with Crippen LogP contribution in [0.3, 0.4) is 0 Å². The van der Waals surface area contributed by atoms with Crippen molar-refractivity contribution in [2.45, 2.75) is 25.0 Å². The number of benzene rings is 1. The molecule has 1 aromatic carbocycles. The summed E-state index contributed by atoms with van der Waals surface area (Å²) in [5, 5.41) is 3.05. The molecule has 0 aliphatic rings. The quantitative estimate of drug-likeness (QED) is 0.754. The summed E-state index contributed by atoms with van der Waals surface area (Å²) in [5.41, 5.74) is 0.971. The average molecular weight is 413 g/mol. The topological polar surface area (TPSA) is 91.8 Å². The van der Waals surface area contributed by atoms with Crippen molar-refractivity contribution in [2.75, 3.05) is 37.5 Å². The Balaban J connectivity index is 2.16. The Bertz CT molecular complexity index is 894. The summed E-state index contributed by atoms with van der Waals surface area (Å²) in [5.74, 6) is 0.717. The highest BCUT2D eigenvalue weighted by Gasteiger charge is 2.27. The number of thiazole rings is 1. The molecule has 0 radical (unpaired) electrons. The van der Waals surface area contributed by atoms with Crippen molar-refractivity contribution in [2.24, 2.45) is 0 Å². The third-order valence-electron chi connectivity index (χ3n) is 3.84. The molecule has 0 saturated heterocycles. The second-order valence-electron chi connectivity index (χ2n) is 5.74. The number of aryl methyl sites for hydroxylation is 1. The van der Waals surface area contributed by atoms with Crippen LogP contribution in [0.1, 0.15) is 19.5 Å². The van der Waals surface area contributed by atoms with E-state index in [1.54, 1.807) is 45.2 Å². The zero-order valence-electron chi connectivity index (χ0n) is 16.0. The lowest BCUT2D eigenvalue weighted by molar-refractivity contribution is 0.258. The van der Waals surface area contributed by atoms with Crippen LogP contribution in [0.25, 0.3) is 0 Å². The highest BCUT2D eigenvalue weighted by atomic mass is 32.2. The van der Waals surface area contributed by atoms with Crippen LogP contribution >= 0.6 is 11.3 Å². The number of anilines is 2. The lowest BCUT2D eigenvalue weighted by Crippen LogP contribution is -2.31. The van der Waals surface area contributed by atoms with Gasteiger partial charge in [-0.1, -0.05) is 18.3 Å². The van der Waals surface area contributed by atoms with E-state index in [-0.39, 0.29) is 4.21 Å².